The predicted octanol–water partition coefficient (Wildman–Crippen LogP) is 2.68. The van der Waals surface area contributed by atoms with Gasteiger partial charge in [-0.05, 0) is 30.0 Å². The van der Waals surface area contributed by atoms with Crippen LogP contribution < -0.4 is 15.2 Å². The monoisotopic (exact) mass is 314 g/mol. The van der Waals surface area contributed by atoms with Crippen LogP contribution in [0.4, 0.5) is 0 Å². The predicted molar refractivity (Wildman–Crippen MR) is 88.4 cm³/mol. The van der Waals surface area contributed by atoms with Crippen LogP contribution in [0.3, 0.4) is 0 Å². The highest BCUT2D eigenvalue weighted by Crippen LogP contribution is 2.31. The number of methoxy groups -OCH3 is 2. The molecule has 5 heteroatoms. The Balaban J connectivity index is 0.00000220. The number of likely N-dealkylation sites (tertiary alicyclic amines) is 1. The standard InChI is InChI=1S/C16H26N2O2.ClH/c1-16(2)11-18(8-7-15(16)17)10-12-9-13(19-3)5-6-14(12)20-4;/h5-6,9,15H,7-8,10-11,17H2,1-4H3;1H. The molecule has 1 aromatic rings. The zero-order valence-electron chi connectivity index (χ0n) is 13.4. The number of hydrogen-bond donors (Lipinski definition) is 1. The fraction of sp³-hybridized carbons (Fsp3) is 0.625. The van der Waals surface area contributed by atoms with Gasteiger partial charge in [0.05, 0.1) is 14.2 Å². The summed E-state index contributed by atoms with van der Waals surface area (Å²) >= 11 is 0. The molecular formula is C16H27ClN2O2. The minimum absolute atomic E-state index is 0. The Labute approximate surface area is 134 Å². The van der Waals surface area contributed by atoms with Crippen molar-refractivity contribution in [2.24, 2.45) is 11.1 Å². The second-order valence-electron chi connectivity index (χ2n) is 6.27. The lowest BCUT2D eigenvalue weighted by Crippen LogP contribution is -2.52. The summed E-state index contributed by atoms with van der Waals surface area (Å²) in [5.74, 6) is 1.78. The lowest BCUT2D eigenvalue weighted by atomic mass is 9.79. The summed E-state index contributed by atoms with van der Waals surface area (Å²) in [6.07, 6.45) is 1.04. The zero-order valence-corrected chi connectivity index (χ0v) is 14.2. The second kappa shape index (κ2) is 7.34. The summed E-state index contributed by atoms with van der Waals surface area (Å²) in [5.41, 5.74) is 7.52. The van der Waals surface area contributed by atoms with Gasteiger partial charge in [-0.1, -0.05) is 13.8 Å². The number of benzene rings is 1. The van der Waals surface area contributed by atoms with Gasteiger partial charge >= 0.3 is 0 Å². The van der Waals surface area contributed by atoms with Gasteiger partial charge in [0.2, 0.25) is 0 Å². The molecule has 1 heterocycles. The van der Waals surface area contributed by atoms with Crippen LogP contribution in [0.25, 0.3) is 0 Å². The van der Waals surface area contributed by atoms with Crippen molar-refractivity contribution >= 4 is 12.4 Å². The Bertz CT molecular complexity index is 466. The molecule has 1 aliphatic heterocycles. The van der Waals surface area contributed by atoms with Crippen LogP contribution >= 0.6 is 12.4 Å². The van der Waals surface area contributed by atoms with E-state index in [1.807, 2.05) is 12.1 Å². The second-order valence-corrected chi connectivity index (χ2v) is 6.27. The van der Waals surface area contributed by atoms with E-state index in [9.17, 15) is 0 Å². The molecule has 0 spiro atoms. The number of rotatable bonds is 4. The van der Waals surface area contributed by atoms with Crippen molar-refractivity contribution in [3.8, 4) is 11.5 Å². The SMILES string of the molecule is COc1ccc(OC)c(CN2CCC(N)C(C)(C)C2)c1.Cl. The topological polar surface area (TPSA) is 47.7 Å². The van der Waals surface area contributed by atoms with Crippen LogP contribution in [-0.2, 0) is 6.54 Å². The van der Waals surface area contributed by atoms with E-state index in [1.54, 1.807) is 14.2 Å². The lowest BCUT2D eigenvalue weighted by Gasteiger charge is -2.42. The Morgan fingerprint density at radius 3 is 2.57 bits per heavy atom. The highest BCUT2D eigenvalue weighted by molar-refractivity contribution is 5.85. The normalized spacial score (nSPS) is 21.5. The number of piperidine rings is 1. The molecule has 1 unspecified atom stereocenters. The van der Waals surface area contributed by atoms with Gasteiger partial charge < -0.3 is 15.2 Å². The molecule has 0 radical (unpaired) electrons. The maximum atomic E-state index is 6.20. The first-order valence-corrected chi connectivity index (χ1v) is 7.15. The third-order valence-corrected chi connectivity index (χ3v) is 4.27. The molecule has 1 saturated heterocycles. The average Bonchev–Trinajstić information content (AvgIpc) is 2.42. The molecule has 1 fully saturated rings. The molecule has 0 saturated carbocycles. The Morgan fingerprint density at radius 2 is 2.00 bits per heavy atom. The summed E-state index contributed by atoms with van der Waals surface area (Å²) in [7, 11) is 3.40. The van der Waals surface area contributed by atoms with Crippen molar-refractivity contribution in [3.63, 3.8) is 0 Å². The number of nitrogens with two attached hydrogens (primary N) is 1. The minimum atomic E-state index is 0. The van der Waals surface area contributed by atoms with Gasteiger partial charge in [-0.3, -0.25) is 4.90 Å². The smallest absolute Gasteiger partial charge is 0.123 e. The quantitative estimate of drug-likeness (QED) is 0.928. The number of halogens is 1. The van der Waals surface area contributed by atoms with Gasteiger partial charge in [-0.15, -0.1) is 12.4 Å². The van der Waals surface area contributed by atoms with Crippen LogP contribution in [0.5, 0.6) is 11.5 Å². The van der Waals surface area contributed by atoms with Crippen molar-refractivity contribution in [2.45, 2.75) is 32.9 Å². The number of nitrogens with zero attached hydrogens (tertiary/aromatic N) is 1. The van der Waals surface area contributed by atoms with Crippen LogP contribution in [0.15, 0.2) is 18.2 Å². The van der Waals surface area contributed by atoms with E-state index in [4.69, 9.17) is 15.2 Å². The van der Waals surface area contributed by atoms with Gasteiger partial charge in [0.15, 0.2) is 0 Å². The maximum Gasteiger partial charge on any atom is 0.123 e. The van der Waals surface area contributed by atoms with Gasteiger partial charge in [0.25, 0.3) is 0 Å². The number of ether oxygens (including phenoxy) is 2. The van der Waals surface area contributed by atoms with Crippen molar-refractivity contribution in [2.75, 3.05) is 27.3 Å². The van der Waals surface area contributed by atoms with E-state index in [0.29, 0.717) is 0 Å². The molecule has 21 heavy (non-hydrogen) atoms. The zero-order chi connectivity index (χ0) is 14.8. The molecule has 2 rings (SSSR count). The molecule has 0 amide bonds. The van der Waals surface area contributed by atoms with Crippen molar-refractivity contribution in [1.29, 1.82) is 0 Å². The van der Waals surface area contributed by atoms with Gasteiger partial charge in [0.1, 0.15) is 11.5 Å². The first-order chi connectivity index (χ1) is 9.46. The number of hydrogen-bond acceptors (Lipinski definition) is 4. The highest BCUT2D eigenvalue weighted by atomic mass is 35.5. The van der Waals surface area contributed by atoms with Crippen molar-refractivity contribution < 1.29 is 9.47 Å². The summed E-state index contributed by atoms with van der Waals surface area (Å²) in [4.78, 5) is 2.45. The molecule has 2 N–H and O–H groups in total. The van der Waals surface area contributed by atoms with Crippen LogP contribution in [0, 0.1) is 5.41 Å². The van der Waals surface area contributed by atoms with Gasteiger partial charge in [-0.2, -0.15) is 0 Å². The Morgan fingerprint density at radius 1 is 1.29 bits per heavy atom. The molecule has 120 valence electrons. The average molecular weight is 315 g/mol. The summed E-state index contributed by atoms with van der Waals surface area (Å²) < 4.78 is 10.8. The molecule has 0 bridgehead atoms. The lowest BCUT2D eigenvalue weighted by molar-refractivity contribution is 0.0892. The minimum Gasteiger partial charge on any atom is -0.497 e. The van der Waals surface area contributed by atoms with Gasteiger partial charge in [-0.25, -0.2) is 0 Å². The molecule has 1 atom stereocenters. The van der Waals surface area contributed by atoms with Gasteiger partial charge in [0, 0.05) is 31.2 Å². The van der Waals surface area contributed by atoms with E-state index < -0.39 is 0 Å². The molecular weight excluding hydrogens is 288 g/mol. The first-order valence-electron chi connectivity index (χ1n) is 7.15. The Kier molecular flexibility index (Phi) is 6.32. The highest BCUT2D eigenvalue weighted by Gasteiger charge is 2.33. The van der Waals surface area contributed by atoms with E-state index in [1.165, 1.54) is 0 Å². The molecule has 4 nitrogen and oxygen atoms in total. The van der Waals surface area contributed by atoms with Crippen molar-refractivity contribution in [3.05, 3.63) is 23.8 Å². The largest absolute Gasteiger partial charge is 0.497 e. The van der Waals surface area contributed by atoms with E-state index in [-0.39, 0.29) is 23.9 Å². The molecule has 0 aromatic heterocycles. The third kappa shape index (κ3) is 4.25. The van der Waals surface area contributed by atoms with Crippen LogP contribution in [0.1, 0.15) is 25.8 Å². The van der Waals surface area contributed by atoms with E-state index >= 15 is 0 Å². The molecule has 1 aliphatic rings. The molecule has 0 aliphatic carbocycles. The maximum absolute atomic E-state index is 6.20. The van der Waals surface area contributed by atoms with E-state index in [0.717, 1.165) is 43.1 Å². The summed E-state index contributed by atoms with van der Waals surface area (Å²) in [5, 5.41) is 0. The molecule has 1 aromatic carbocycles. The van der Waals surface area contributed by atoms with Crippen LogP contribution in [0.2, 0.25) is 0 Å². The summed E-state index contributed by atoms with van der Waals surface area (Å²) in [6, 6.07) is 6.24. The fourth-order valence-corrected chi connectivity index (χ4v) is 2.87. The Hall–Kier alpha value is -0.970. The van der Waals surface area contributed by atoms with Crippen LogP contribution in [-0.4, -0.2) is 38.3 Å². The third-order valence-electron chi connectivity index (χ3n) is 4.27. The van der Waals surface area contributed by atoms with Crippen molar-refractivity contribution in [1.82, 2.24) is 4.90 Å². The van der Waals surface area contributed by atoms with E-state index in [2.05, 4.69) is 24.8 Å². The fourth-order valence-electron chi connectivity index (χ4n) is 2.87. The summed E-state index contributed by atoms with van der Waals surface area (Å²) in [6.45, 7) is 7.40. The first kappa shape index (κ1) is 18.1.